The normalized spacial score (nSPS) is 16.3. The van der Waals surface area contributed by atoms with Crippen molar-refractivity contribution in [2.45, 2.75) is 25.8 Å². The van der Waals surface area contributed by atoms with Crippen molar-refractivity contribution < 1.29 is 31.1 Å². The summed E-state index contributed by atoms with van der Waals surface area (Å²) in [7, 11) is 0. The first kappa shape index (κ1) is 22.1. The third-order valence-electron chi connectivity index (χ3n) is 4.75. The molecule has 0 radical (unpaired) electrons. The minimum absolute atomic E-state index is 0.117. The summed E-state index contributed by atoms with van der Waals surface area (Å²) in [5.74, 6) is -0.342. The highest BCUT2D eigenvalue weighted by Gasteiger charge is 2.38. The summed E-state index contributed by atoms with van der Waals surface area (Å²) >= 11 is 1.24. The van der Waals surface area contributed by atoms with Gasteiger partial charge in [-0.05, 0) is 48.4 Å². The smallest absolute Gasteiger partial charge is 0.266 e. The summed E-state index contributed by atoms with van der Waals surface area (Å²) in [6, 6.07) is 6.58. The van der Waals surface area contributed by atoms with E-state index < -0.39 is 23.5 Å². The van der Waals surface area contributed by atoms with E-state index in [0.29, 0.717) is 32.5 Å². The molecule has 166 valence electrons. The Morgan fingerprint density at radius 3 is 2.41 bits per heavy atom. The second-order valence-electron chi connectivity index (χ2n) is 7.03. The zero-order valence-corrected chi connectivity index (χ0v) is 17.1. The van der Waals surface area contributed by atoms with Crippen LogP contribution < -0.4 is 0 Å². The van der Waals surface area contributed by atoms with E-state index in [-0.39, 0.29) is 24.1 Å². The lowest BCUT2D eigenvalue weighted by atomic mass is 10.0. The minimum atomic E-state index is -4.95. The van der Waals surface area contributed by atoms with Crippen molar-refractivity contribution in [1.82, 2.24) is 9.78 Å². The molecule has 0 N–H and O–H groups in total. The Kier molecular flexibility index (Phi) is 5.40. The van der Waals surface area contributed by atoms with Crippen LogP contribution in [0.1, 0.15) is 29.2 Å². The number of rotatable bonds is 3. The number of hydrogen-bond donors (Lipinski definition) is 0. The molecule has 0 atom stereocenters. The number of fused-ring (bicyclic) bond motifs is 1. The predicted molar refractivity (Wildman–Crippen MR) is 109 cm³/mol. The number of hydrogen-bond acceptors (Lipinski definition) is 3. The van der Waals surface area contributed by atoms with Crippen LogP contribution in [0.15, 0.2) is 52.5 Å². The van der Waals surface area contributed by atoms with E-state index in [1.807, 2.05) is 0 Å². The van der Waals surface area contributed by atoms with Gasteiger partial charge in [-0.2, -0.15) is 31.4 Å². The van der Waals surface area contributed by atoms with Crippen molar-refractivity contribution in [1.29, 1.82) is 0 Å². The molecule has 0 unspecified atom stereocenters. The number of aromatic nitrogens is 2. The number of alkyl halides is 6. The van der Waals surface area contributed by atoms with E-state index in [0.717, 1.165) is 6.07 Å². The van der Waals surface area contributed by atoms with E-state index in [1.165, 1.54) is 22.6 Å². The molecule has 2 heterocycles. The van der Waals surface area contributed by atoms with Crippen LogP contribution >= 0.6 is 11.8 Å². The van der Waals surface area contributed by atoms with Crippen LogP contribution in [0, 0.1) is 0 Å². The molecule has 1 aromatic heterocycles. The van der Waals surface area contributed by atoms with E-state index in [9.17, 15) is 31.1 Å². The molecule has 0 spiro atoms. The maximum Gasteiger partial charge on any atom is 0.416 e. The van der Waals surface area contributed by atoms with Gasteiger partial charge in [0, 0.05) is 5.39 Å². The van der Waals surface area contributed by atoms with Crippen molar-refractivity contribution >= 4 is 39.7 Å². The minimum Gasteiger partial charge on any atom is -0.266 e. The van der Waals surface area contributed by atoms with Crippen LogP contribution in [0.2, 0.25) is 0 Å². The van der Waals surface area contributed by atoms with Gasteiger partial charge in [0.25, 0.3) is 5.91 Å². The molecule has 3 aromatic rings. The number of carbonyl (C=O) groups excluding carboxylic acids is 1. The molecule has 0 aliphatic carbocycles. The molecule has 0 bridgehead atoms. The lowest BCUT2D eigenvalue weighted by Crippen LogP contribution is -2.15. The van der Waals surface area contributed by atoms with Gasteiger partial charge in [-0.15, -0.1) is 0 Å². The summed E-state index contributed by atoms with van der Waals surface area (Å²) in [6.07, 6.45) is -6.74. The van der Waals surface area contributed by atoms with Crippen molar-refractivity contribution in [3.05, 3.63) is 69.8 Å². The summed E-state index contributed by atoms with van der Waals surface area (Å²) in [5.41, 5.74) is -1.87. The second-order valence-corrected chi connectivity index (χ2v) is 8.27. The van der Waals surface area contributed by atoms with Crippen molar-refractivity contribution in [2.24, 2.45) is 4.99 Å². The Bertz CT molecular complexity index is 1290. The topological polar surface area (TPSA) is 47.2 Å². The molecular weight excluding hydrogens is 456 g/mol. The fourth-order valence-corrected chi connectivity index (χ4v) is 4.08. The quantitative estimate of drug-likeness (QED) is 0.341. The number of amides is 1. The van der Waals surface area contributed by atoms with Crippen molar-refractivity contribution in [3.63, 3.8) is 0 Å². The number of benzene rings is 2. The SMILES string of the molecule is CC1=NC(=O)C(=Cc2ccc3c(cnn3Cc3ccc(C(F)(F)F)cc3C(F)(F)F)c2)S1. The summed E-state index contributed by atoms with van der Waals surface area (Å²) in [4.78, 5) is 16.1. The van der Waals surface area contributed by atoms with Gasteiger partial charge in [-0.3, -0.25) is 9.48 Å². The fraction of sp³-hybridized carbons (Fsp3) is 0.190. The van der Waals surface area contributed by atoms with Crippen LogP contribution in [-0.2, 0) is 23.7 Å². The zero-order valence-electron chi connectivity index (χ0n) is 16.3. The Balaban J connectivity index is 1.67. The Labute approximate surface area is 181 Å². The first-order valence-electron chi connectivity index (χ1n) is 9.14. The van der Waals surface area contributed by atoms with Crippen molar-refractivity contribution in [3.8, 4) is 0 Å². The van der Waals surface area contributed by atoms with Crippen LogP contribution in [0.4, 0.5) is 26.3 Å². The molecular formula is C21H13F6N3OS. The Hall–Kier alpha value is -3.08. The molecule has 32 heavy (non-hydrogen) atoms. The number of aliphatic imine (C=N–C) groups is 1. The molecule has 0 saturated carbocycles. The molecule has 4 nitrogen and oxygen atoms in total. The lowest BCUT2D eigenvalue weighted by molar-refractivity contribution is -0.143. The van der Waals surface area contributed by atoms with Gasteiger partial charge in [-0.1, -0.05) is 23.9 Å². The number of halogens is 6. The lowest BCUT2D eigenvalue weighted by Gasteiger charge is -2.16. The third-order valence-corrected chi connectivity index (χ3v) is 5.65. The molecule has 1 amide bonds. The highest BCUT2D eigenvalue weighted by atomic mass is 32.2. The monoisotopic (exact) mass is 469 g/mol. The standard InChI is InChI=1S/C21H13F6N3OS/c1-11-29-19(31)18(32-11)7-12-2-5-17-14(6-12)9-28-30(17)10-13-3-4-15(20(22,23)24)8-16(13)21(25,26)27/h2-9H,10H2,1H3. The molecule has 1 aliphatic heterocycles. The fourth-order valence-electron chi connectivity index (χ4n) is 3.30. The van der Waals surface area contributed by atoms with Gasteiger partial charge in [0.15, 0.2) is 0 Å². The van der Waals surface area contributed by atoms with Crippen LogP contribution in [0.5, 0.6) is 0 Å². The predicted octanol–water partition coefficient (Wildman–Crippen LogP) is 6.15. The summed E-state index contributed by atoms with van der Waals surface area (Å²) < 4.78 is 80.2. The first-order chi connectivity index (χ1) is 14.9. The zero-order chi connectivity index (χ0) is 23.3. The van der Waals surface area contributed by atoms with E-state index in [2.05, 4.69) is 10.1 Å². The van der Waals surface area contributed by atoms with Gasteiger partial charge in [0.05, 0.1) is 39.3 Å². The molecule has 11 heteroatoms. The van der Waals surface area contributed by atoms with E-state index in [4.69, 9.17) is 0 Å². The average molecular weight is 469 g/mol. The average Bonchev–Trinajstić information content (AvgIpc) is 3.22. The van der Waals surface area contributed by atoms with Crippen LogP contribution in [-0.4, -0.2) is 20.7 Å². The summed E-state index contributed by atoms with van der Waals surface area (Å²) in [6.45, 7) is 1.35. The van der Waals surface area contributed by atoms with Gasteiger partial charge in [-0.25, -0.2) is 4.99 Å². The highest BCUT2D eigenvalue weighted by molar-refractivity contribution is 8.18. The van der Waals surface area contributed by atoms with Gasteiger partial charge in [0.1, 0.15) is 0 Å². The highest BCUT2D eigenvalue weighted by Crippen LogP contribution is 2.38. The van der Waals surface area contributed by atoms with Gasteiger partial charge >= 0.3 is 12.4 Å². The molecule has 2 aromatic carbocycles. The number of nitrogens with zero attached hydrogens (tertiary/aromatic N) is 3. The third kappa shape index (κ3) is 4.43. The number of thioether (sulfide) groups is 1. The number of carbonyl (C=O) groups is 1. The molecule has 1 aliphatic rings. The molecule has 0 fully saturated rings. The molecule has 0 saturated heterocycles. The molecule has 4 rings (SSSR count). The van der Waals surface area contributed by atoms with Crippen molar-refractivity contribution in [2.75, 3.05) is 0 Å². The Morgan fingerprint density at radius 1 is 1.03 bits per heavy atom. The maximum atomic E-state index is 13.4. The van der Waals surface area contributed by atoms with Gasteiger partial charge < -0.3 is 0 Å². The maximum absolute atomic E-state index is 13.4. The Morgan fingerprint density at radius 2 is 1.78 bits per heavy atom. The van der Waals surface area contributed by atoms with E-state index >= 15 is 0 Å². The van der Waals surface area contributed by atoms with Gasteiger partial charge in [0.2, 0.25) is 0 Å². The second kappa shape index (κ2) is 7.80. The summed E-state index contributed by atoms with van der Waals surface area (Å²) in [5, 5.41) is 5.33. The van der Waals surface area contributed by atoms with Crippen LogP contribution in [0.25, 0.3) is 17.0 Å². The van der Waals surface area contributed by atoms with Crippen LogP contribution in [0.3, 0.4) is 0 Å². The van der Waals surface area contributed by atoms with E-state index in [1.54, 1.807) is 31.2 Å². The first-order valence-corrected chi connectivity index (χ1v) is 9.95. The largest absolute Gasteiger partial charge is 0.416 e.